The van der Waals surface area contributed by atoms with Gasteiger partial charge in [0.15, 0.2) is 0 Å². The number of carbonyl (C=O) groups is 1. The van der Waals surface area contributed by atoms with Crippen molar-refractivity contribution in [3.8, 4) is 11.5 Å². The zero-order valence-corrected chi connectivity index (χ0v) is 16.3. The van der Waals surface area contributed by atoms with Gasteiger partial charge in [0.25, 0.3) is 5.22 Å². The van der Waals surface area contributed by atoms with Crippen LogP contribution in [0.4, 0.5) is 5.69 Å². The summed E-state index contributed by atoms with van der Waals surface area (Å²) in [7, 11) is 0. The van der Waals surface area contributed by atoms with Gasteiger partial charge in [0.2, 0.25) is 11.8 Å². The molecule has 0 radical (unpaired) electrons. The highest BCUT2D eigenvalue weighted by atomic mass is 35.5. The summed E-state index contributed by atoms with van der Waals surface area (Å²) < 4.78 is 5.64. The van der Waals surface area contributed by atoms with E-state index in [-0.39, 0.29) is 5.91 Å². The second kappa shape index (κ2) is 8.12. The number of carbonyl (C=O) groups excluding carboxylic acids is 1. The van der Waals surface area contributed by atoms with E-state index < -0.39 is 5.25 Å². The summed E-state index contributed by atoms with van der Waals surface area (Å²) in [6, 6.07) is 12.6. The number of anilines is 1. The molecule has 1 heterocycles. The van der Waals surface area contributed by atoms with Crippen molar-refractivity contribution >= 4 is 46.6 Å². The summed E-state index contributed by atoms with van der Waals surface area (Å²) in [5, 5.41) is 11.6. The molecule has 3 aromatic rings. The molecule has 0 aliphatic heterocycles. The number of benzene rings is 2. The van der Waals surface area contributed by atoms with Crippen LogP contribution in [0.15, 0.2) is 52.1 Å². The molecule has 26 heavy (non-hydrogen) atoms. The number of rotatable bonds is 5. The van der Waals surface area contributed by atoms with Crippen molar-refractivity contribution in [3.63, 3.8) is 0 Å². The number of aromatic nitrogens is 2. The zero-order chi connectivity index (χ0) is 18.7. The molecule has 0 aliphatic rings. The highest BCUT2D eigenvalue weighted by Crippen LogP contribution is 2.28. The molecule has 8 heteroatoms. The monoisotopic (exact) mass is 407 g/mol. The molecule has 0 spiro atoms. The van der Waals surface area contributed by atoms with Gasteiger partial charge in [-0.3, -0.25) is 4.79 Å². The van der Waals surface area contributed by atoms with Gasteiger partial charge in [-0.2, -0.15) is 0 Å². The fourth-order valence-corrected chi connectivity index (χ4v) is 3.35. The summed E-state index contributed by atoms with van der Waals surface area (Å²) in [6.45, 7) is 3.76. The normalized spacial score (nSPS) is 12.0. The lowest BCUT2D eigenvalue weighted by atomic mass is 10.1. The third-order valence-electron chi connectivity index (χ3n) is 3.48. The first-order chi connectivity index (χ1) is 12.4. The largest absolute Gasteiger partial charge is 0.411 e. The number of aryl methyl sites for hydroxylation is 1. The highest BCUT2D eigenvalue weighted by Gasteiger charge is 2.19. The minimum Gasteiger partial charge on any atom is -0.411 e. The van der Waals surface area contributed by atoms with Crippen molar-refractivity contribution in [1.29, 1.82) is 0 Å². The Hall–Kier alpha value is -2.02. The van der Waals surface area contributed by atoms with Crippen molar-refractivity contribution in [2.24, 2.45) is 0 Å². The van der Waals surface area contributed by atoms with Gasteiger partial charge >= 0.3 is 0 Å². The van der Waals surface area contributed by atoms with Crippen LogP contribution >= 0.6 is 35.0 Å². The van der Waals surface area contributed by atoms with Gasteiger partial charge in [0, 0.05) is 21.3 Å². The SMILES string of the molecule is Cc1ccc(-c2nnc(S[C@@H](C)C(=O)Nc3cc(Cl)cc(Cl)c3)o2)cc1. The van der Waals surface area contributed by atoms with E-state index in [0.29, 0.717) is 26.8 Å². The number of amides is 1. The predicted molar refractivity (Wildman–Crippen MR) is 105 cm³/mol. The molecular formula is C18H15Cl2N3O2S. The summed E-state index contributed by atoms with van der Waals surface area (Å²) >= 11 is 13.1. The first-order valence-electron chi connectivity index (χ1n) is 7.75. The van der Waals surface area contributed by atoms with Gasteiger partial charge in [0.1, 0.15) is 0 Å². The third-order valence-corrected chi connectivity index (χ3v) is 4.85. The average Bonchev–Trinajstić information content (AvgIpc) is 3.03. The Morgan fingerprint density at radius 1 is 1.12 bits per heavy atom. The molecule has 0 bridgehead atoms. The minimum absolute atomic E-state index is 0.219. The van der Waals surface area contributed by atoms with Crippen molar-refractivity contribution in [1.82, 2.24) is 10.2 Å². The average molecular weight is 408 g/mol. The Kier molecular flexibility index (Phi) is 5.86. The second-order valence-corrected chi connectivity index (χ2v) is 7.81. The van der Waals surface area contributed by atoms with Crippen molar-refractivity contribution < 1.29 is 9.21 Å². The van der Waals surface area contributed by atoms with Crippen LogP contribution in [-0.2, 0) is 4.79 Å². The molecule has 1 aromatic heterocycles. The van der Waals surface area contributed by atoms with E-state index in [9.17, 15) is 4.79 Å². The number of halogens is 2. The number of nitrogens with one attached hydrogen (secondary N) is 1. The van der Waals surface area contributed by atoms with E-state index in [1.807, 2.05) is 31.2 Å². The molecule has 5 nitrogen and oxygen atoms in total. The lowest BCUT2D eigenvalue weighted by Gasteiger charge is -2.10. The van der Waals surface area contributed by atoms with Crippen LogP contribution in [0, 0.1) is 6.92 Å². The Morgan fingerprint density at radius 2 is 1.77 bits per heavy atom. The van der Waals surface area contributed by atoms with Gasteiger partial charge in [-0.1, -0.05) is 52.7 Å². The second-order valence-electron chi connectivity index (χ2n) is 5.65. The van der Waals surface area contributed by atoms with Gasteiger partial charge in [-0.15, -0.1) is 10.2 Å². The van der Waals surface area contributed by atoms with E-state index >= 15 is 0 Å². The predicted octanol–water partition coefficient (Wildman–Crippen LogP) is 5.47. The smallest absolute Gasteiger partial charge is 0.277 e. The van der Waals surface area contributed by atoms with Crippen molar-refractivity contribution in [2.75, 3.05) is 5.32 Å². The molecule has 0 saturated carbocycles. The molecule has 0 saturated heterocycles. The fourth-order valence-electron chi connectivity index (χ4n) is 2.14. The Labute approximate surface area is 165 Å². The van der Waals surface area contributed by atoms with Crippen molar-refractivity contribution in [2.45, 2.75) is 24.3 Å². The van der Waals surface area contributed by atoms with Gasteiger partial charge in [-0.25, -0.2) is 0 Å². The van der Waals surface area contributed by atoms with E-state index in [1.54, 1.807) is 25.1 Å². The topological polar surface area (TPSA) is 68.0 Å². The number of nitrogens with zero attached hydrogens (tertiary/aromatic N) is 2. The maximum atomic E-state index is 12.3. The number of hydrogen-bond acceptors (Lipinski definition) is 5. The van der Waals surface area contributed by atoms with Crippen LogP contribution in [-0.4, -0.2) is 21.4 Å². The van der Waals surface area contributed by atoms with Crippen LogP contribution in [0.25, 0.3) is 11.5 Å². The van der Waals surface area contributed by atoms with E-state index in [0.717, 1.165) is 11.1 Å². The maximum Gasteiger partial charge on any atom is 0.277 e. The van der Waals surface area contributed by atoms with Gasteiger partial charge < -0.3 is 9.73 Å². The minimum atomic E-state index is -0.445. The Morgan fingerprint density at radius 3 is 2.42 bits per heavy atom. The summed E-state index contributed by atoms with van der Waals surface area (Å²) in [5.41, 5.74) is 2.51. The molecule has 2 aromatic carbocycles. The fraction of sp³-hybridized carbons (Fsp3) is 0.167. The van der Waals surface area contributed by atoms with Crippen LogP contribution in [0.2, 0.25) is 10.0 Å². The van der Waals surface area contributed by atoms with Crippen LogP contribution < -0.4 is 5.32 Å². The summed E-state index contributed by atoms with van der Waals surface area (Å²) in [5.74, 6) is 0.199. The van der Waals surface area contributed by atoms with E-state index in [4.69, 9.17) is 27.6 Å². The van der Waals surface area contributed by atoms with Crippen molar-refractivity contribution in [3.05, 3.63) is 58.1 Å². The third kappa shape index (κ3) is 4.78. The lowest BCUT2D eigenvalue weighted by Crippen LogP contribution is -2.22. The molecule has 1 atom stereocenters. The molecular weight excluding hydrogens is 393 g/mol. The maximum absolute atomic E-state index is 12.3. The van der Waals surface area contributed by atoms with Gasteiger partial charge in [-0.05, 0) is 44.2 Å². The lowest BCUT2D eigenvalue weighted by molar-refractivity contribution is -0.115. The van der Waals surface area contributed by atoms with Gasteiger partial charge in [0.05, 0.1) is 5.25 Å². The molecule has 0 fully saturated rings. The summed E-state index contributed by atoms with van der Waals surface area (Å²) in [4.78, 5) is 12.3. The van der Waals surface area contributed by atoms with Crippen LogP contribution in [0.1, 0.15) is 12.5 Å². The quantitative estimate of drug-likeness (QED) is 0.567. The summed E-state index contributed by atoms with van der Waals surface area (Å²) in [6.07, 6.45) is 0. The number of hydrogen-bond donors (Lipinski definition) is 1. The number of thioether (sulfide) groups is 1. The standard InChI is InChI=1S/C18H15Cl2N3O2S/c1-10-3-5-12(6-4-10)17-22-23-18(25-17)26-11(2)16(24)21-15-8-13(19)7-14(20)9-15/h3-9,11H,1-2H3,(H,21,24)/t11-/m0/s1. The molecule has 0 unspecified atom stereocenters. The van der Waals surface area contributed by atoms with Crippen LogP contribution in [0.5, 0.6) is 0 Å². The first kappa shape index (κ1) is 18.8. The molecule has 3 rings (SSSR count). The Balaban J connectivity index is 1.65. The zero-order valence-electron chi connectivity index (χ0n) is 14.0. The van der Waals surface area contributed by atoms with Crippen LogP contribution in [0.3, 0.4) is 0 Å². The molecule has 134 valence electrons. The molecule has 1 amide bonds. The molecule has 0 aliphatic carbocycles. The molecule has 1 N–H and O–H groups in total. The van der Waals surface area contributed by atoms with E-state index in [2.05, 4.69) is 15.5 Å². The highest BCUT2D eigenvalue weighted by molar-refractivity contribution is 8.00. The first-order valence-corrected chi connectivity index (χ1v) is 9.38. The Bertz CT molecular complexity index is 908. The van der Waals surface area contributed by atoms with E-state index in [1.165, 1.54) is 11.8 Å².